The average Bonchev–Trinajstić information content (AvgIpc) is 3.15. The van der Waals surface area contributed by atoms with E-state index in [0.717, 1.165) is 47.8 Å². The maximum atomic E-state index is 13.0. The first-order valence-corrected chi connectivity index (χ1v) is 18.0. The molecule has 0 bridgehead atoms. The van der Waals surface area contributed by atoms with Gasteiger partial charge in [0.05, 0.1) is 17.3 Å². The van der Waals surface area contributed by atoms with E-state index in [0.29, 0.717) is 53.7 Å². The minimum Gasteiger partial charge on any atom is -0.491 e. The second-order valence-electron chi connectivity index (χ2n) is 12.7. The molecule has 1 fully saturated rings. The van der Waals surface area contributed by atoms with E-state index in [9.17, 15) is 4.79 Å². The lowest BCUT2D eigenvalue weighted by Gasteiger charge is -2.34. The SMILES string of the molecule is CC(C)Oc1ccc(OCc2ccc(CN3CCN(C(=O)/C=C/c4ccc(Oc5ccc(OCc6ccccc6Cl)cn5)c(Cl)c4)CC3)cc2)cc1. The van der Waals surface area contributed by atoms with Crippen molar-refractivity contribution in [3.05, 3.63) is 148 Å². The fourth-order valence-electron chi connectivity index (χ4n) is 5.56. The molecular weight excluding hydrogens is 697 g/mol. The molecule has 0 atom stereocenters. The summed E-state index contributed by atoms with van der Waals surface area (Å²) < 4.78 is 23.3. The highest BCUT2D eigenvalue weighted by Gasteiger charge is 2.20. The Morgan fingerprint density at radius 1 is 0.769 bits per heavy atom. The van der Waals surface area contributed by atoms with Gasteiger partial charge >= 0.3 is 0 Å². The number of carbonyl (C=O) groups excluding carboxylic acids is 1. The predicted molar refractivity (Wildman–Crippen MR) is 205 cm³/mol. The molecule has 4 aromatic carbocycles. The third kappa shape index (κ3) is 10.7. The number of ether oxygens (including phenoxy) is 4. The van der Waals surface area contributed by atoms with Gasteiger partial charge in [0.1, 0.15) is 36.2 Å². The fraction of sp³-hybridized carbons (Fsp3) is 0.238. The van der Waals surface area contributed by atoms with E-state index in [-0.39, 0.29) is 12.0 Å². The Morgan fingerprint density at radius 3 is 2.15 bits per heavy atom. The van der Waals surface area contributed by atoms with Gasteiger partial charge in [0.25, 0.3) is 0 Å². The van der Waals surface area contributed by atoms with Gasteiger partial charge in [0.2, 0.25) is 11.8 Å². The van der Waals surface area contributed by atoms with Gasteiger partial charge in [-0.3, -0.25) is 9.69 Å². The lowest BCUT2D eigenvalue weighted by Crippen LogP contribution is -2.47. The van der Waals surface area contributed by atoms with Crippen molar-refractivity contribution in [2.24, 2.45) is 0 Å². The van der Waals surface area contributed by atoms with Crippen LogP contribution in [0.3, 0.4) is 0 Å². The Morgan fingerprint density at radius 2 is 1.46 bits per heavy atom. The van der Waals surface area contributed by atoms with Crippen LogP contribution in [0.4, 0.5) is 0 Å². The Bertz CT molecular complexity index is 1940. The van der Waals surface area contributed by atoms with E-state index in [2.05, 4.69) is 34.1 Å². The van der Waals surface area contributed by atoms with Crippen LogP contribution in [0.1, 0.15) is 36.1 Å². The highest BCUT2D eigenvalue weighted by molar-refractivity contribution is 6.32. The summed E-state index contributed by atoms with van der Waals surface area (Å²) >= 11 is 12.7. The van der Waals surface area contributed by atoms with Crippen molar-refractivity contribution in [1.29, 1.82) is 0 Å². The number of hydrogen-bond donors (Lipinski definition) is 0. The molecule has 1 amide bonds. The van der Waals surface area contributed by atoms with Crippen molar-refractivity contribution in [3.8, 4) is 28.9 Å². The summed E-state index contributed by atoms with van der Waals surface area (Å²) in [6.07, 6.45) is 5.10. The third-order valence-corrected chi connectivity index (χ3v) is 9.03. The van der Waals surface area contributed by atoms with Crippen LogP contribution in [-0.4, -0.2) is 53.0 Å². The van der Waals surface area contributed by atoms with Gasteiger partial charge in [0.15, 0.2) is 0 Å². The van der Waals surface area contributed by atoms with Gasteiger partial charge in [-0.25, -0.2) is 4.98 Å². The molecule has 6 rings (SSSR count). The number of amides is 1. The summed E-state index contributed by atoms with van der Waals surface area (Å²) in [7, 11) is 0. The second-order valence-corrected chi connectivity index (χ2v) is 13.5. The summed E-state index contributed by atoms with van der Waals surface area (Å²) in [5.74, 6) is 3.05. The van der Waals surface area contributed by atoms with Crippen LogP contribution < -0.4 is 18.9 Å². The van der Waals surface area contributed by atoms with Crippen molar-refractivity contribution < 1.29 is 23.7 Å². The lowest BCUT2D eigenvalue weighted by atomic mass is 10.1. The maximum Gasteiger partial charge on any atom is 0.246 e. The van der Waals surface area contributed by atoms with Gasteiger partial charge in [-0.1, -0.05) is 71.7 Å². The molecule has 268 valence electrons. The Balaban J connectivity index is 0.913. The predicted octanol–water partition coefficient (Wildman–Crippen LogP) is 9.48. The quantitative estimate of drug-likeness (QED) is 0.105. The molecule has 5 aromatic rings. The van der Waals surface area contributed by atoms with Crippen molar-refractivity contribution in [1.82, 2.24) is 14.8 Å². The fourth-order valence-corrected chi connectivity index (χ4v) is 5.97. The Hall–Kier alpha value is -5.02. The summed E-state index contributed by atoms with van der Waals surface area (Å²) in [4.78, 5) is 21.6. The third-order valence-electron chi connectivity index (χ3n) is 8.36. The molecule has 0 unspecified atom stereocenters. The zero-order chi connectivity index (χ0) is 36.3. The average molecular weight is 739 g/mol. The zero-order valence-corrected chi connectivity index (χ0v) is 30.7. The van der Waals surface area contributed by atoms with Gasteiger partial charge in [0, 0.05) is 55.5 Å². The van der Waals surface area contributed by atoms with E-state index >= 15 is 0 Å². The first kappa shape index (κ1) is 36.8. The van der Waals surface area contributed by atoms with Crippen molar-refractivity contribution in [2.75, 3.05) is 26.2 Å². The highest BCUT2D eigenvalue weighted by atomic mass is 35.5. The summed E-state index contributed by atoms with van der Waals surface area (Å²) in [5, 5.41) is 1.06. The largest absolute Gasteiger partial charge is 0.491 e. The van der Waals surface area contributed by atoms with Gasteiger partial charge in [-0.05, 0) is 85.1 Å². The number of benzene rings is 4. The topological polar surface area (TPSA) is 73.4 Å². The van der Waals surface area contributed by atoms with Crippen LogP contribution in [0, 0.1) is 0 Å². The van der Waals surface area contributed by atoms with Crippen LogP contribution in [0.2, 0.25) is 10.0 Å². The first-order valence-electron chi connectivity index (χ1n) is 17.2. The molecule has 0 N–H and O–H groups in total. The molecule has 0 radical (unpaired) electrons. The zero-order valence-electron chi connectivity index (χ0n) is 29.2. The summed E-state index contributed by atoms with van der Waals surface area (Å²) in [6, 6.07) is 32.6. The van der Waals surface area contributed by atoms with Crippen molar-refractivity contribution in [2.45, 2.75) is 39.7 Å². The van der Waals surface area contributed by atoms with Crippen LogP contribution in [0.5, 0.6) is 28.9 Å². The minimum atomic E-state index is -0.0245. The van der Waals surface area contributed by atoms with E-state index in [4.69, 9.17) is 42.1 Å². The number of halogens is 2. The molecule has 1 aliphatic heterocycles. The van der Waals surface area contributed by atoms with E-state index in [1.807, 2.05) is 73.3 Å². The number of nitrogens with zero attached hydrogens (tertiary/aromatic N) is 3. The Kier molecular flexibility index (Phi) is 12.7. The number of piperazine rings is 1. The lowest BCUT2D eigenvalue weighted by molar-refractivity contribution is -0.127. The van der Waals surface area contributed by atoms with E-state index < -0.39 is 0 Å². The molecule has 0 spiro atoms. The van der Waals surface area contributed by atoms with E-state index in [1.165, 1.54) is 5.56 Å². The molecular formula is C42H41Cl2N3O5. The van der Waals surface area contributed by atoms with Gasteiger partial charge in [-0.2, -0.15) is 0 Å². The highest BCUT2D eigenvalue weighted by Crippen LogP contribution is 2.30. The minimum absolute atomic E-state index is 0.0245. The van der Waals surface area contributed by atoms with Gasteiger partial charge in [-0.15, -0.1) is 0 Å². The number of carbonyl (C=O) groups is 1. The normalized spacial score (nSPS) is 13.4. The Labute approximate surface area is 315 Å². The van der Waals surface area contributed by atoms with Gasteiger partial charge < -0.3 is 23.8 Å². The number of rotatable bonds is 14. The number of aromatic nitrogens is 1. The maximum absolute atomic E-state index is 13.0. The molecule has 1 aliphatic rings. The molecule has 0 aliphatic carbocycles. The molecule has 52 heavy (non-hydrogen) atoms. The molecule has 10 heteroatoms. The second kappa shape index (κ2) is 18.0. The number of pyridine rings is 1. The number of hydrogen-bond acceptors (Lipinski definition) is 7. The van der Waals surface area contributed by atoms with Crippen LogP contribution in [0.15, 0.2) is 115 Å². The van der Waals surface area contributed by atoms with Crippen molar-refractivity contribution in [3.63, 3.8) is 0 Å². The summed E-state index contributed by atoms with van der Waals surface area (Å²) in [5.41, 5.74) is 4.02. The smallest absolute Gasteiger partial charge is 0.246 e. The molecule has 1 saturated heterocycles. The standard InChI is InChI=1S/C42H41Cl2N3O5/c1-30(2)51-36-15-13-35(14-16-36)49-28-33-9-7-32(8-10-33)27-46-21-23-47(24-22-46)42(48)20-12-31-11-18-40(39(44)25-31)52-41-19-17-37(26-45-41)50-29-34-5-3-4-6-38(34)43/h3-20,25-26,30H,21-24,27-29H2,1-2H3/b20-12+. The van der Waals surface area contributed by atoms with Crippen LogP contribution in [-0.2, 0) is 24.6 Å². The monoisotopic (exact) mass is 737 g/mol. The van der Waals surface area contributed by atoms with Crippen LogP contribution in [0.25, 0.3) is 6.08 Å². The first-order chi connectivity index (χ1) is 25.3. The summed E-state index contributed by atoms with van der Waals surface area (Å²) in [6.45, 7) is 8.63. The van der Waals surface area contributed by atoms with Crippen molar-refractivity contribution >= 4 is 35.2 Å². The molecule has 8 nitrogen and oxygen atoms in total. The molecule has 2 heterocycles. The van der Waals surface area contributed by atoms with Crippen LogP contribution >= 0.6 is 23.2 Å². The van der Waals surface area contributed by atoms with E-state index in [1.54, 1.807) is 42.6 Å². The molecule has 1 aromatic heterocycles. The molecule has 0 saturated carbocycles.